The first-order valence-electron chi connectivity index (χ1n) is 10.7. The number of anilines is 1. The van der Waals surface area contributed by atoms with Gasteiger partial charge in [-0.05, 0) is 49.5 Å². The number of likely N-dealkylation sites (N-methyl/N-ethyl adjacent to an activating group) is 1. The number of nitrogens with zero attached hydrogens (tertiary/aromatic N) is 5. The van der Waals surface area contributed by atoms with Gasteiger partial charge in [0.15, 0.2) is 5.82 Å². The summed E-state index contributed by atoms with van der Waals surface area (Å²) in [5.74, 6) is 1.32. The van der Waals surface area contributed by atoms with E-state index in [1.165, 1.54) is 0 Å². The minimum absolute atomic E-state index is 0.0751. The molecule has 2 aromatic heterocycles. The summed E-state index contributed by atoms with van der Waals surface area (Å²) in [6, 6.07) is 17.5. The molecule has 4 aromatic rings. The van der Waals surface area contributed by atoms with E-state index in [0.717, 1.165) is 59.9 Å². The van der Waals surface area contributed by atoms with Crippen molar-refractivity contribution in [1.82, 2.24) is 24.6 Å². The first-order valence-corrected chi connectivity index (χ1v) is 10.7. The second kappa shape index (κ2) is 8.47. The molecule has 1 saturated heterocycles. The van der Waals surface area contributed by atoms with E-state index in [0.29, 0.717) is 12.4 Å². The number of aromatic amines is 1. The lowest BCUT2D eigenvalue weighted by molar-refractivity contribution is 0.311. The fraction of sp³-hybridized carbons (Fsp3) is 0.292. The summed E-state index contributed by atoms with van der Waals surface area (Å²) in [5, 5.41) is 7.55. The number of ether oxygens (including phenoxy) is 1. The molecule has 0 amide bonds. The molecule has 3 heterocycles. The van der Waals surface area contributed by atoms with E-state index < -0.39 is 0 Å². The molecule has 32 heavy (non-hydrogen) atoms. The van der Waals surface area contributed by atoms with Crippen molar-refractivity contribution in [3.05, 3.63) is 70.6 Å². The van der Waals surface area contributed by atoms with Gasteiger partial charge in [-0.2, -0.15) is 5.10 Å². The summed E-state index contributed by atoms with van der Waals surface area (Å²) in [4.78, 5) is 22.6. The van der Waals surface area contributed by atoms with E-state index >= 15 is 0 Å². The van der Waals surface area contributed by atoms with Gasteiger partial charge in [-0.1, -0.05) is 12.1 Å². The van der Waals surface area contributed by atoms with Crippen LogP contribution in [0.4, 0.5) is 5.82 Å². The van der Waals surface area contributed by atoms with E-state index in [9.17, 15) is 4.79 Å². The Labute approximate surface area is 186 Å². The highest BCUT2D eigenvalue weighted by molar-refractivity contribution is 5.76. The third-order valence-electron chi connectivity index (χ3n) is 5.98. The first-order chi connectivity index (χ1) is 15.6. The van der Waals surface area contributed by atoms with Gasteiger partial charge in [-0.25, -0.2) is 4.98 Å². The molecule has 0 atom stereocenters. The van der Waals surface area contributed by atoms with Crippen molar-refractivity contribution in [3.8, 4) is 17.0 Å². The Kier molecular flexibility index (Phi) is 5.36. The van der Waals surface area contributed by atoms with Crippen LogP contribution in [0.3, 0.4) is 0 Å². The Morgan fingerprint density at radius 2 is 1.78 bits per heavy atom. The summed E-state index contributed by atoms with van der Waals surface area (Å²) in [5.41, 5.74) is 4.23. The molecule has 1 aliphatic rings. The van der Waals surface area contributed by atoms with Gasteiger partial charge in [-0.15, -0.1) is 0 Å². The molecule has 0 aliphatic carbocycles. The van der Waals surface area contributed by atoms with Crippen LogP contribution < -0.4 is 15.2 Å². The van der Waals surface area contributed by atoms with Crippen molar-refractivity contribution < 1.29 is 4.74 Å². The Bertz CT molecular complexity index is 1290. The summed E-state index contributed by atoms with van der Waals surface area (Å²) < 4.78 is 7.02. The van der Waals surface area contributed by atoms with E-state index in [4.69, 9.17) is 9.72 Å². The van der Waals surface area contributed by atoms with E-state index in [1.54, 1.807) is 11.7 Å². The fourth-order valence-electron chi connectivity index (χ4n) is 4.08. The maximum absolute atomic E-state index is 13.5. The normalized spacial score (nSPS) is 14.8. The van der Waals surface area contributed by atoms with Gasteiger partial charge in [0.1, 0.15) is 5.75 Å². The quantitative estimate of drug-likeness (QED) is 0.524. The summed E-state index contributed by atoms with van der Waals surface area (Å²) >= 11 is 0. The maximum atomic E-state index is 13.5. The zero-order valence-corrected chi connectivity index (χ0v) is 18.3. The molecule has 0 spiro atoms. The molecule has 0 bridgehead atoms. The minimum Gasteiger partial charge on any atom is -0.497 e. The van der Waals surface area contributed by atoms with Gasteiger partial charge in [0.25, 0.3) is 5.56 Å². The molecule has 8 heteroatoms. The number of hydrogen-bond donors (Lipinski definition) is 1. The Morgan fingerprint density at radius 3 is 2.53 bits per heavy atom. The number of fused-ring (bicyclic) bond motifs is 1. The topological polar surface area (TPSA) is 79.3 Å². The fourth-order valence-corrected chi connectivity index (χ4v) is 4.08. The monoisotopic (exact) mass is 430 g/mol. The molecule has 1 aliphatic heterocycles. The van der Waals surface area contributed by atoms with Crippen LogP contribution in [0.1, 0.15) is 5.69 Å². The van der Waals surface area contributed by atoms with Crippen LogP contribution in [0, 0.1) is 0 Å². The number of piperazine rings is 1. The van der Waals surface area contributed by atoms with Gasteiger partial charge >= 0.3 is 0 Å². The smallest absolute Gasteiger partial charge is 0.294 e. The lowest BCUT2D eigenvalue weighted by atomic mass is 10.1. The van der Waals surface area contributed by atoms with E-state index in [-0.39, 0.29) is 5.56 Å². The van der Waals surface area contributed by atoms with E-state index in [2.05, 4.69) is 27.0 Å². The number of para-hydroxylation sites is 2. The van der Waals surface area contributed by atoms with Crippen LogP contribution in [-0.4, -0.2) is 65.0 Å². The number of benzene rings is 2. The Morgan fingerprint density at radius 1 is 1.03 bits per heavy atom. The van der Waals surface area contributed by atoms with Gasteiger partial charge in [0.05, 0.1) is 36.1 Å². The van der Waals surface area contributed by atoms with E-state index in [1.807, 2.05) is 54.6 Å². The molecule has 0 unspecified atom stereocenters. The highest BCUT2D eigenvalue weighted by atomic mass is 16.5. The van der Waals surface area contributed by atoms with Crippen LogP contribution in [-0.2, 0) is 6.54 Å². The predicted octanol–water partition coefficient (Wildman–Crippen LogP) is 2.60. The molecular formula is C24H26N6O2. The highest BCUT2D eigenvalue weighted by Crippen LogP contribution is 2.22. The van der Waals surface area contributed by atoms with Gasteiger partial charge < -0.3 is 14.5 Å². The third kappa shape index (κ3) is 3.85. The third-order valence-corrected chi connectivity index (χ3v) is 5.98. The predicted molar refractivity (Wildman–Crippen MR) is 125 cm³/mol. The van der Waals surface area contributed by atoms with Crippen LogP contribution >= 0.6 is 0 Å². The highest BCUT2D eigenvalue weighted by Gasteiger charge is 2.21. The average Bonchev–Trinajstić information content (AvgIpc) is 3.30. The Balaban J connectivity index is 1.50. The lowest BCUT2D eigenvalue weighted by Crippen LogP contribution is -2.47. The van der Waals surface area contributed by atoms with Crippen molar-refractivity contribution in [2.75, 3.05) is 45.2 Å². The lowest BCUT2D eigenvalue weighted by Gasteiger charge is -2.33. The maximum Gasteiger partial charge on any atom is 0.294 e. The van der Waals surface area contributed by atoms with Crippen LogP contribution in [0.2, 0.25) is 0 Å². The summed E-state index contributed by atoms with van der Waals surface area (Å²) in [6.07, 6.45) is 0. The number of H-pyrrole nitrogens is 1. The minimum atomic E-state index is -0.0751. The van der Waals surface area contributed by atoms with Gasteiger partial charge in [-0.3, -0.25) is 14.5 Å². The standard InChI is InChI=1S/C24H26N6O2/c1-28-11-13-29(14-12-28)23-24(31)30(22-6-4-3-5-20(22)25-23)16-18-15-21(27-26-18)17-7-9-19(32-2)10-8-17/h3-10,15H,11-14,16H2,1-2H3,(H,26,27). The largest absolute Gasteiger partial charge is 0.497 e. The molecule has 164 valence electrons. The molecule has 0 radical (unpaired) electrons. The number of methoxy groups -OCH3 is 1. The molecule has 5 rings (SSSR count). The van der Waals surface area contributed by atoms with Crippen molar-refractivity contribution in [2.24, 2.45) is 0 Å². The van der Waals surface area contributed by atoms with Crippen LogP contribution in [0.25, 0.3) is 22.3 Å². The van der Waals surface area contributed by atoms with Crippen molar-refractivity contribution in [1.29, 1.82) is 0 Å². The van der Waals surface area contributed by atoms with Gasteiger partial charge in [0, 0.05) is 31.7 Å². The van der Waals surface area contributed by atoms with Crippen molar-refractivity contribution in [2.45, 2.75) is 6.54 Å². The summed E-state index contributed by atoms with van der Waals surface area (Å²) in [6.45, 7) is 3.82. The van der Waals surface area contributed by atoms with Crippen molar-refractivity contribution in [3.63, 3.8) is 0 Å². The zero-order chi connectivity index (χ0) is 22.1. The number of nitrogens with one attached hydrogen (secondary N) is 1. The number of rotatable bonds is 5. The van der Waals surface area contributed by atoms with Gasteiger partial charge in [0.2, 0.25) is 0 Å². The second-order valence-corrected chi connectivity index (χ2v) is 8.11. The van der Waals surface area contributed by atoms with Crippen molar-refractivity contribution >= 4 is 16.9 Å². The molecule has 8 nitrogen and oxygen atoms in total. The molecule has 0 saturated carbocycles. The first kappa shape index (κ1) is 20.3. The van der Waals surface area contributed by atoms with Crippen LogP contribution in [0.15, 0.2) is 59.4 Å². The van der Waals surface area contributed by atoms with Crippen LogP contribution in [0.5, 0.6) is 5.75 Å². The molecule has 1 fully saturated rings. The zero-order valence-electron chi connectivity index (χ0n) is 18.3. The second-order valence-electron chi connectivity index (χ2n) is 8.11. The SMILES string of the molecule is COc1ccc(-c2cc(Cn3c(=O)c(N4CCN(C)CC4)nc4ccccc43)[nH]n2)cc1. The number of hydrogen-bond acceptors (Lipinski definition) is 6. The molecule has 2 aromatic carbocycles. The average molecular weight is 431 g/mol. The summed E-state index contributed by atoms with van der Waals surface area (Å²) in [7, 11) is 3.75. The Hall–Kier alpha value is -3.65. The number of aromatic nitrogens is 4. The molecule has 1 N–H and O–H groups in total. The molecular weight excluding hydrogens is 404 g/mol.